The molecule has 0 aromatic rings. The van der Waals surface area contributed by atoms with E-state index in [4.69, 9.17) is 0 Å². The van der Waals surface area contributed by atoms with Gasteiger partial charge in [-0.15, -0.1) is 12.4 Å². The molecule has 0 bridgehead atoms. The zero-order valence-corrected chi connectivity index (χ0v) is 12.1. The van der Waals surface area contributed by atoms with E-state index >= 15 is 0 Å². The van der Waals surface area contributed by atoms with Crippen LogP contribution in [0.25, 0.3) is 0 Å². The molecule has 2 N–H and O–H groups in total. The number of halogens is 1. The number of amides is 1. The minimum atomic E-state index is 0. The molecular weight excluding hydrogens is 236 g/mol. The molecule has 0 spiro atoms. The van der Waals surface area contributed by atoms with Gasteiger partial charge in [0.05, 0.1) is 0 Å². The molecule has 4 heteroatoms. The van der Waals surface area contributed by atoms with Crippen molar-refractivity contribution in [3.8, 4) is 0 Å². The van der Waals surface area contributed by atoms with Gasteiger partial charge in [0.1, 0.15) is 0 Å². The van der Waals surface area contributed by atoms with Crippen LogP contribution in [0.2, 0.25) is 0 Å². The second-order valence-electron chi connectivity index (χ2n) is 5.40. The van der Waals surface area contributed by atoms with Crippen molar-refractivity contribution in [2.45, 2.75) is 52.5 Å². The highest BCUT2D eigenvalue weighted by atomic mass is 35.5. The van der Waals surface area contributed by atoms with Crippen molar-refractivity contribution in [2.75, 3.05) is 13.1 Å². The smallest absolute Gasteiger partial charge is 0.223 e. The molecule has 1 fully saturated rings. The molecule has 1 saturated heterocycles. The third kappa shape index (κ3) is 6.89. The van der Waals surface area contributed by atoms with Crippen LogP contribution in [0.1, 0.15) is 46.5 Å². The fourth-order valence-electron chi connectivity index (χ4n) is 2.24. The first-order chi connectivity index (χ1) is 7.59. The number of carbonyl (C=O) groups is 1. The van der Waals surface area contributed by atoms with E-state index in [1.165, 1.54) is 6.42 Å². The topological polar surface area (TPSA) is 41.1 Å². The molecule has 1 heterocycles. The normalized spacial score (nSPS) is 24.2. The van der Waals surface area contributed by atoms with Crippen LogP contribution in [0.5, 0.6) is 0 Å². The molecule has 0 saturated carbocycles. The summed E-state index contributed by atoms with van der Waals surface area (Å²) in [5, 5.41) is 6.43. The summed E-state index contributed by atoms with van der Waals surface area (Å²) < 4.78 is 0. The fraction of sp³-hybridized carbons (Fsp3) is 0.923. The average molecular weight is 263 g/mol. The van der Waals surface area contributed by atoms with Crippen LogP contribution in [-0.2, 0) is 4.79 Å². The van der Waals surface area contributed by atoms with Crippen molar-refractivity contribution in [1.29, 1.82) is 0 Å². The van der Waals surface area contributed by atoms with Crippen LogP contribution in [0, 0.1) is 11.8 Å². The molecule has 0 aromatic heterocycles. The summed E-state index contributed by atoms with van der Waals surface area (Å²) >= 11 is 0. The lowest BCUT2D eigenvalue weighted by Gasteiger charge is -2.27. The van der Waals surface area contributed by atoms with Crippen LogP contribution < -0.4 is 10.6 Å². The van der Waals surface area contributed by atoms with Gasteiger partial charge >= 0.3 is 0 Å². The molecule has 1 aliphatic heterocycles. The molecule has 2 atom stereocenters. The maximum Gasteiger partial charge on any atom is 0.223 e. The van der Waals surface area contributed by atoms with Gasteiger partial charge in [0.2, 0.25) is 5.91 Å². The summed E-state index contributed by atoms with van der Waals surface area (Å²) in [5.41, 5.74) is 0. The van der Waals surface area contributed by atoms with E-state index < -0.39 is 0 Å². The number of rotatable bonds is 5. The van der Waals surface area contributed by atoms with Crippen molar-refractivity contribution in [1.82, 2.24) is 10.6 Å². The van der Waals surface area contributed by atoms with Gasteiger partial charge in [0.25, 0.3) is 0 Å². The SMILES string of the molecule is CC(C)CCCNC(=O)[C@H]1CCN[C@@H](C)C1.Cl. The second-order valence-corrected chi connectivity index (χ2v) is 5.40. The van der Waals surface area contributed by atoms with E-state index in [9.17, 15) is 4.79 Å². The molecule has 0 aromatic carbocycles. The lowest BCUT2D eigenvalue weighted by molar-refractivity contribution is -0.126. The number of nitrogens with one attached hydrogen (secondary N) is 2. The van der Waals surface area contributed by atoms with Gasteiger partial charge in [-0.2, -0.15) is 0 Å². The molecular formula is C13H27ClN2O. The summed E-state index contributed by atoms with van der Waals surface area (Å²) in [5.74, 6) is 1.23. The number of carbonyl (C=O) groups excluding carboxylic acids is 1. The predicted molar refractivity (Wildman–Crippen MR) is 74.5 cm³/mol. The molecule has 102 valence electrons. The second kappa shape index (κ2) is 8.76. The third-order valence-electron chi connectivity index (χ3n) is 3.25. The zero-order valence-electron chi connectivity index (χ0n) is 11.3. The van der Waals surface area contributed by atoms with Gasteiger partial charge < -0.3 is 10.6 Å². The Bertz CT molecular complexity index is 221. The molecule has 0 aliphatic carbocycles. The summed E-state index contributed by atoms with van der Waals surface area (Å²) in [6.07, 6.45) is 4.27. The van der Waals surface area contributed by atoms with Crippen molar-refractivity contribution in [2.24, 2.45) is 11.8 Å². The maximum atomic E-state index is 11.8. The molecule has 3 nitrogen and oxygen atoms in total. The average Bonchev–Trinajstić information content (AvgIpc) is 2.24. The first kappa shape index (κ1) is 16.7. The van der Waals surface area contributed by atoms with Crippen LogP contribution in [0.4, 0.5) is 0 Å². The first-order valence-corrected chi connectivity index (χ1v) is 6.60. The monoisotopic (exact) mass is 262 g/mol. The van der Waals surface area contributed by atoms with E-state index in [0.29, 0.717) is 6.04 Å². The van der Waals surface area contributed by atoms with E-state index in [0.717, 1.165) is 38.3 Å². The lowest BCUT2D eigenvalue weighted by Crippen LogP contribution is -2.42. The molecule has 1 rings (SSSR count). The number of hydrogen-bond acceptors (Lipinski definition) is 2. The standard InChI is InChI=1S/C13H26N2O.ClH/c1-10(2)5-4-7-15-13(16)12-6-8-14-11(3)9-12;/h10-12,14H,4-9H2,1-3H3,(H,15,16);1H/t11-,12-;/m0./s1. The minimum absolute atomic E-state index is 0. The van der Waals surface area contributed by atoms with E-state index in [1.54, 1.807) is 0 Å². The maximum absolute atomic E-state index is 11.8. The molecule has 1 amide bonds. The highest BCUT2D eigenvalue weighted by Gasteiger charge is 2.23. The predicted octanol–water partition coefficient (Wildman–Crippen LogP) is 2.35. The van der Waals surface area contributed by atoms with Crippen molar-refractivity contribution in [3.05, 3.63) is 0 Å². The van der Waals surface area contributed by atoms with Crippen LogP contribution in [0.15, 0.2) is 0 Å². The third-order valence-corrected chi connectivity index (χ3v) is 3.25. The molecule has 0 radical (unpaired) electrons. The van der Waals surface area contributed by atoms with Gasteiger partial charge in [0.15, 0.2) is 0 Å². The van der Waals surface area contributed by atoms with Gasteiger partial charge in [-0.25, -0.2) is 0 Å². The zero-order chi connectivity index (χ0) is 12.0. The fourth-order valence-corrected chi connectivity index (χ4v) is 2.24. The van der Waals surface area contributed by atoms with Gasteiger partial charge in [-0.3, -0.25) is 4.79 Å². The molecule has 17 heavy (non-hydrogen) atoms. The van der Waals surface area contributed by atoms with E-state index in [2.05, 4.69) is 31.4 Å². The first-order valence-electron chi connectivity index (χ1n) is 6.60. The van der Waals surface area contributed by atoms with Crippen molar-refractivity contribution < 1.29 is 4.79 Å². The van der Waals surface area contributed by atoms with Gasteiger partial charge in [0, 0.05) is 18.5 Å². The van der Waals surface area contributed by atoms with Crippen LogP contribution >= 0.6 is 12.4 Å². The van der Waals surface area contributed by atoms with E-state index in [1.807, 2.05) is 0 Å². The summed E-state index contributed by atoms with van der Waals surface area (Å²) in [6, 6.07) is 0.486. The van der Waals surface area contributed by atoms with Gasteiger partial charge in [-0.1, -0.05) is 13.8 Å². The van der Waals surface area contributed by atoms with Crippen LogP contribution in [0.3, 0.4) is 0 Å². The Balaban J connectivity index is 0.00000256. The Labute approximate surface area is 112 Å². The van der Waals surface area contributed by atoms with Crippen molar-refractivity contribution in [3.63, 3.8) is 0 Å². The molecule has 1 aliphatic rings. The Hall–Kier alpha value is -0.280. The highest BCUT2D eigenvalue weighted by molar-refractivity contribution is 5.85. The lowest BCUT2D eigenvalue weighted by atomic mass is 9.92. The Morgan fingerprint density at radius 1 is 1.47 bits per heavy atom. The van der Waals surface area contributed by atoms with Crippen LogP contribution in [-0.4, -0.2) is 25.0 Å². The highest BCUT2D eigenvalue weighted by Crippen LogP contribution is 2.15. The summed E-state index contributed by atoms with van der Waals surface area (Å²) in [4.78, 5) is 11.8. The Morgan fingerprint density at radius 2 is 2.18 bits per heavy atom. The van der Waals surface area contributed by atoms with Crippen molar-refractivity contribution >= 4 is 18.3 Å². The minimum Gasteiger partial charge on any atom is -0.356 e. The van der Waals surface area contributed by atoms with E-state index in [-0.39, 0.29) is 24.2 Å². The molecule has 0 unspecified atom stereocenters. The quantitative estimate of drug-likeness (QED) is 0.747. The summed E-state index contributed by atoms with van der Waals surface area (Å²) in [6.45, 7) is 8.41. The summed E-state index contributed by atoms with van der Waals surface area (Å²) in [7, 11) is 0. The Morgan fingerprint density at radius 3 is 2.76 bits per heavy atom. The Kier molecular flexibility index (Phi) is 8.61. The number of hydrogen-bond donors (Lipinski definition) is 2. The van der Waals surface area contributed by atoms with Gasteiger partial charge in [-0.05, 0) is 45.1 Å². The largest absolute Gasteiger partial charge is 0.356 e. The number of piperidine rings is 1.